The Morgan fingerprint density at radius 1 is 1.29 bits per heavy atom. The molecule has 2 heterocycles. The summed E-state index contributed by atoms with van der Waals surface area (Å²) in [5.74, 6) is 0.756. The average Bonchev–Trinajstić information content (AvgIpc) is 3.14. The van der Waals surface area contributed by atoms with Gasteiger partial charge >= 0.3 is 129 Å². The van der Waals surface area contributed by atoms with Gasteiger partial charge in [-0.05, 0) is 0 Å². The Morgan fingerprint density at radius 2 is 2.19 bits per heavy atom. The second-order valence-corrected chi connectivity index (χ2v) is 7.14. The van der Waals surface area contributed by atoms with Crippen LogP contribution in [-0.2, 0) is 4.79 Å². The molecule has 3 unspecified atom stereocenters. The molecule has 2 aliphatic rings. The standard InChI is InChI=1S/C15H18N4OSe/c20-15(13-8-9-4-1-2-5-10(9)16-13)17-11-6-3-7-12-14(11)19-21-18-12/h3,6-7,9-10,13,16H,1-2,4-5,8H2,(H,17,20). The van der Waals surface area contributed by atoms with Crippen molar-refractivity contribution < 1.29 is 4.79 Å². The molecular formula is C15H18N4OSe. The summed E-state index contributed by atoms with van der Waals surface area (Å²) >= 11 is -0.0658. The van der Waals surface area contributed by atoms with E-state index < -0.39 is 0 Å². The Hall–Kier alpha value is -1.23. The summed E-state index contributed by atoms with van der Waals surface area (Å²) < 4.78 is 8.76. The van der Waals surface area contributed by atoms with Crippen LogP contribution in [0.1, 0.15) is 32.1 Å². The molecule has 1 aromatic heterocycles. The van der Waals surface area contributed by atoms with Gasteiger partial charge in [0, 0.05) is 0 Å². The van der Waals surface area contributed by atoms with Crippen molar-refractivity contribution in [1.29, 1.82) is 0 Å². The third-order valence-corrected chi connectivity index (χ3v) is 5.86. The summed E-state index contributed by atoms with van der Waals surface area (Å²) in [6, 6.07) is 6.28. The van der Waals surface area contributed by atoms with Crippen LogP contribution in [-0.4, -0.2) is 40.9 Å². The molecule has 1 amide bonds. The van der Waals surface area contributed by atoms with E-state index in [2.05, 4.69) is 18.6 Å². The first-order chi connectivity index (χ1) is 10.3. The molecule has 4 rings (SSSR count). The topological polar surface area (TPSA) is 66.9 Å². The van der Waals surface area contributed by atoms with Gasteiger partial charge in [-0.2, -0.15) is 0 Å². The van der Waals surface area contributed by atoms with Gasteiger partial charge in [-0.25, -0.2) is 0 Å². The van der Waals surface area contributed by atoms with E-state index in [9.17, 15) is 4.79 Å². The molecule has 2 N–H and O–H groups in total. The molecule has 0 spiro atoms. The van der Waals surface area contributed by atoms with Crippen molar-refractivity contribution in [2.24, 2.45) is 5.92 Å². The fourth-order valence-corrected chi connectivity index (χ4v) is 4.80. The molecule has 2 aromatic rings. The molecule has 3 atom stereocenters. The Kier molecular flexibility index (Phi) is 3.53. The van der Waals surface area contributed by atoms with Gasteiger partial charge in [0.1, 0.15) is 0 Å². The molecule has 110 valence electrons. The molecular weight excluding hydrogens is 331 g/mol. The van der Waals surface area contributed by atoms with Gasteiger partial charge in [0.15, 0.2) is 0 Å². The van der Waals surface area contributed by atoms with Gasteiger partial charge in [0.25, 0.3) is 0 Å². The molecule has 0 bridgehead atoms. The summed E-state index contributed by atoms with van der Waals surface area (Å²) in [4.78, 5) is 12.5. The van der Waals surface area contributed by atoms with Crippen LogP contribution >= 0.6 is 0 Å². The van der Waals surface area contributed by atoms with Crippen molar-refractivity contribution in [3.05, 3.63) is 18.2 Å². The van der Waals surface area contributed by atoms with E-state index in [0.29, 0.717) is 12.0 Å². The number of rotatable bonds is 2. The summed E-state index contributed by atoms with van der Waals surface area (Å²) in [6.07, 6.45) is 6.05. The number of hydrogen-bond acceptors (Lipinski definition) is 4. The first kappa shape index (κ1) is 13.4. The van der Waals surface area contributed by atoms with Gasteiger partial charge in [0.2, 0.25) is 0 Å². The van der Waals surface area contributed by atoms with E-state index in [1.54, 1.807) is 0 Å². The number of aromatic nitrogens is 2. The van der Waals surface area contributed by atoms with Crippen LogP contribution in [0, 0.1) is 5.92 Å². The monoisotopic (exact) mass is 350 g/mol. The van der Waals surface area contributed by atoms with Crippen LogP contribution in [0.15, 0.2) is 18.2 Å². The molecule has 1 aromatic carbocycles. The van der Waals surface area contributed by atoms with E-state index in [1.165, 1.54) is 25.7 Å². The first-order valence-electron chi connectivity index (χ1n) is 7.59. The van der Waals surface area contributed by atoms with Crippen molar-refractivity contribution in [3.8, 4) is 0 Å². The number of nitrogens with zero attached hydrogens (tertiary/aromatic N) is 2. The van der Waals surface area contributed by atoms with Gasteiger partial charge in [-0.1, -0.05) is 0 Å². The molecule has 1 saturated carbocycles. The maximum absolute atomic E-state index is 12.5. The van der Waals surface area contributed by atoms with Gasteiger partial charge < -0.3 is 0 Å². The molecule has 2 fully saturated rings. The maximum atomic E-state index is 12.5. The molecule has 0 radical (unpaired) electrons. The number of amides is 1. The molecule has 5 nitrogen and oxygen atoms in total. The van der Waals surface area contributed by atoms with Crippen molar-refractivity contribution in [1.82, 2.24) is 13.3 Å². The van der Waals surface area contributed by atoms with Crippen LogP contribution in [0.25, 0.3) is 11.0 Å². The molecule has 1 aliphatic heterocycles. The second kappa shape index (κ2) is 5.52. The normalized spacial score (nSPS) is 28.5. The minimum absolute atomic E-state index is 0.0576. The number of nitrogens with one attached hydrogen (secondary N) is 2. The number of hydrogen-bond donors (Lipinski definition) is 2. The van der Waals surface area contributed by atoms with Gasteiger partial charge in [0.05, 0.1) is 0 Å². The molecule has 21 heavy (non-hydrogen) atoms. The number of carbonyl (C=O) groups is 1. The van der Waals surface area contributed by atoms with Gasteiger partial charge in [-0.15, -0.1) is 0 Å². The molecule has 1 saturated heterocycles. The van der Waals surface area contributed by atoms with Crippen molar-refractivity contribution in [2.75, 3.05) is 5.32 Å². The predicted octanol–water partition coefficient (Wildman–Crippen LogP) is 1.55. The summed E-state index contributed by atoms with van der Waals surface area (Å²) in [6.45, 7) is 0. The first-order valence-corrected chi connectivity index (χ1v) is 9.13. The third-order valence-electron chi connectivity index (χ3n) is 4.72. The SMILES string of the molecule is O=C(Nc1cccc2n[se]nc12)C1CC2CCCCC2N1. The van der Waals surface area contributed by atoms with E-state index in [4.69, 9.17) is 0 Å². The molecule has 1 aliphatic carbocycles. The van der Waals surface area contributed by atoms with Crippen LogP contribution in [0.4, 0.5) is 5.69 Å². The van der Waals surface area contributed by atoms with E-state index in [0.717, 1.165) is 23.1 Å². The van der Waals surface area contributed by atoms with E-state index >= 15 is 0 Å². The van der Waals surface area contributed by atoms with Crippen LogP contribution in [0.2, 0.25) is 0 Å². The number of fused-ring (bicyclic) bond motifs is 2. The Labute approximate surface area is 129 Å². The number of benzene rings is 1. The third kappa shape index (κ3) is 2.52. The zero-order valence-electron chi connectivity index (χ0n) is 11.7. The van der Waals surface area contributed by atoms with E-state index in [-0.39, 0.29) is 26.9 Å². The Morgan fingerprint density at radius 3 is 3.10 bits per heavy atom. The van der Waals surface area contributed by atoms with Crippen molar-refractivity contribution in [2.45, 2.75) is 44.2 Å². The summed E-state index contributed by atoms with van der Waals surface area (Å²) in [5.41, 5.74) is 2.56. The van der Waals surface area contributed by atoms with Crippen LogP contribution in [0.3, 0.4) is 0 Å². The Bertz CT molecular complexity index is 656. The minimum atomic E-state index is -0.0658. The average molecular weight is 349 g/mol. The quantitative estimate of drug-likeness (QED) is 0.808. The fraction of sp³-hybridized carbons (Fsp3) is 0.533. The van der Waals surface area contributed by atoms with Crippen LogP contribution < -0.4 is 10.6 Å². The molecule has 6 heteroatoms. The fourth-order valence-electron chi connectivity index (χ4n) is 3.65. The summed E-state index contributed by atoms with van der Waals surface area (Å²) in [5, 5.41) is 6.57. The zero-order chi connectivity index (χ0) is 14.2. The summed E-state index contributed by atoms with van der Waals surface area (Å²) in [7, 11) is 0. The number of anilines is 1. The van der Waals surface area contributed by atoms with Crippen molar-refractivity contribution in [3.63, 3.8) is 0 Å². The second-order valence-electron chi connectivity index (χ2n) is 6.03. The van der Waals surface area contributed by atoms with Crippen LogP contribution in [0.5, 0.6) is 0 Å². The van der Waals surface area contributed by atoms with Gasteiger partial charge in [-0.3, -0.25) is 0 Å². The Balaban J connectivity index is 1.50. The number of carbonyl (C=O) groups excluding carboxylic acids is 1. The zero-order valence-corrected chi connectivity index (χ0v) is 13.4. The van der Waals surface area contributed by atoms with Crippen molar-refractivity contribution >= 4 is 37.6 Å². The predicted molar refractivity (Wildman–Crippen MR) is 82.4 cm³/mol. The van der Waals surface area contributed by atoms with E-state index in [1.807, 2.05) is 18.2 Å².